The van der Waals surface area contributed by atoms with Crippen molar-refractivity contribution >= 4 is 11.6 Å². The third kappa shape index (κ3) is 2.94. The van der Waals surface area contributed by atoms with Crippen LogP contribution in [0, 0.1) is 18.6 Å². The Hall–Kier alpha value is -1.45. The highest BCUT2D eigenvalue weighted by molar-refractivity contribution is 6.31. The van der Waals surface area contributed by atoms with Crippen LogP contribution >= 0.6 is 11.6 Å². The van der Waals surface area contributed by atoms with Gasteiger partial charge in [0.05, 0.1) is 6.04 Å². The number of hydrogen-bond donors (Lipinski definition) is 1. The molecule has 100 valence electrons. The Bertz CT molecular complexity index is 581. The van der Waals surface area contributed by atoms with E-state index in [1.54, 1.807) is 7.05 Å². The van der Waals surface area contributed by atoms with Crippen molar-refractivity contribution in [3.8, 4) is 0 Å². The molecule has 2 aromatic carbocycles. The lowest BCUT2D eigenvalue weighted by Gasteiger charge is -2.19. The number of nitrogens with one attached hydrogen (secondary N) is 1. The van der Waals surface area contributed by atoms with Crippen molar-refractivity contribution in [2.45, 2.75) is 13.0 Å². The van der Waals surface area contributed by atoms with Crippen molar-refractivity contribution < 1.29 is 8.78 Å². The highest BCUT2D eigenvalue weighted by Crippen LogP contribution is 2.30. The van der Waals surface area contributed by atoms with Gasteiger partial charge in [-0.1, -0.05) is 41.4 Å². The van der Waals surface area contributed by atoms with Crippen LogP contribution in [0.3, 0.4) is 0 Å². The van der Waals surface area contributed by atoms with Crippen LogP contribution in [0.15, 0.2) is 36.4 Å². The summed E-state index contributed by atoms with van der Waals surface area (Å²) in [5.74, 6) is -1.83. The van der Waals surface area contributed by atoms with E-state index in [2.05, 4.69) is 5.32 Å². The number of benzene rings is 2. The van der Waals surface area contributed by atoms with Gasteiger partial charge < -0.3 is 5.32 Å². The maximum atomic E-state index is 13.4. The van der Waals surface area contributed by atoms with Crippen molar-refractivity contribution in [2.24, 2.45) is 0 Å². The average Bonchev–Trinajstić information content (AvgIpc) is 2.38. The molecule has 0 spiro atoms. The molecule has 0 saturated heterocycles. The van der Waals surface area contributed by atoms with Crippen LogP contribution in [0.2, 0.25) is 5.02 Å². The van der Waals surface area contributed by atoms with Gasteiger partial charge in [-0.25, -0.2) is 8.78 Å². The van der Waals surface area contributed by atoms with Crippen LogP contribution in [-0.2, 0) is 0 Å². The second-order valence-corrected chi connectivity index (χ2v) is 4.83. The fourth-order valence-electron chi connectivity index (χ4n) is 2.02. The van der Waals surface area contributed by atoms with Gasteiger partial charge in [0, 0.05) is 5.02 Å². The van der Waals surface area contributed by atoms with Crippen molar-refractivity contribution in [3.63, 3.8) is 0 Å². The largest absolute Gasteiger partial charge is 0.309 e. The summed E-state index contributed by atoms with van der Waals surface area (Å²) >= 11 is 6.01. The molecule has 0 bridgehead atoms. The van der Waals surface area contributed by atoms with Crippen molar-refractivity contribution in [2.75, 3.05) is 7.05 Å². The molecule has 1 unspecified atom stereocenters. The average molecular weight is 282 g/mol. The first kappa shape index (κ1) is 14.0. The van der Waals surface area contributed by atoms with Crippen molar-refractivity contribution in [1.29, 1.82) is 0 Å². The lowest BCUT2D eigenvalue weighted by molar-refractivity contribution is 0.505. The zero-order chi connectivity index (χ0) is 14.0. The molecular weight excluding hydrogens is 268 g/mol. The second-order valence-electron chi connectivity index (χ2n) is 4.42. The van der Waals surface area contributed by atoms with Crippen LogP contribution in [0.5, 0.6) is 0 Å². The molecular formula is C15H14ClF2N. The smallest absolute Gasteiger partial charge is 0.160 e. The van der Waals surface area contributed by atoms with Crippen LogP contribution in [0.1, 0.15) is 22.7 Å². The van der Waals surface area contributed by atoms with E-state index in [1.807, 2.05) is 31.2 Å². The standard InChI is InChI=1S/C15H14ClF2N/c1-9-3-5-10(6-4-9)15(19-2)11-7-13(17)14(18)8-12(11)16/h3-8,15,19H,1-2H3. The van der Waals surface area contributed by atoms with Gasteiger partial charge in [0.1, 0.15) is 0 Å². The molecule has 0 saturated carbocycles. The third-order valence-corrected chi connectivity index (χ3v) is 3.38. The molecule has 0 aromatic heterocycles. The van der Waals surface area contributed by atoms with Gasteiger partial charge >= 0.3 is 0 Å². The quantitative estimate of drug-likeness (QED) is 0.830. The molecule has 1 nitrogen and oxygen atoms in total. The molecule has 1 N–H and O–H groups in total. The molecule has 2 rings (SSSR count). The minimum Gasteiger partial charge on any atom is -0.309 e. The minimum absolute atomic E-state index is 0.207. The lowest BCUT2D eigenvalue weighted by Crippen LogP contribution is -2.18. The monoisotopic (exact) mass is 281 g/mol. The molecule has 1 atom stereocenters. The van der Waals surface area contributed by atoms with E-state index in [0.717, 1.165) is 23.3 Å². The van der Waals surface area contributed by atoms with E-state index in [4.69, 9.17) is 11.6 Å². The van der Waals surface area contributed by atoms with Crippen molar-refractivity contribution in [3.05, 3.63) is 69.7 Å². The van der Waals surface area contributed by atoms with Crippen LogP contribution in [-0.4, -0.2) is 7.05 Å². The van der Waals surface area contributed by atoms with Gasteiger partial charge in [-0.3, -0.25) is 0 Å². The van der Waals surface area contributed by atoms with E-state index in [9.17, 15) is 8.78 Å². The normalized spacial score (nSPS) is 12.5. The lowest BCUT2D eigenvalue weighted by atomic mass is 9.97. The number of hydrogen-bond acceptors (Lipinski definition) is 1. The zero-order valence-electron chi connectivity index (χ0n) is 10.7. The molecule has 0 amide bonds. The molecule has 4 heteroatoms. The fourth-order valence-corrected chi connectivity index (χ4v) is 2.28. The number of rotatable bonds is 3. The molecule has 0 aliphatic rings. The third-order valence-electron chi connectivity index (χ3n) is 3.05. The highest BCUT2D eigenvalue weighted by atomic mass is 35.5. The van der Waals surface area contributed by atoms with E-state index in [1.165, 1.54) is 0 Å². The fraction of sp³-hybridized carbons (Fsp3) is 0.200. The van der Waals surface area contributed by atoms with E-state index in [0.29, 0.717) is 5.56 Å². The maximum absolute atomic E-state index is 13.4. The minimum atomic E-state index is -0.937. The Morgan fingerprint density at radius 1 is 1.05 bits per heavy atom. The summed E-state index contributed by atoms with van der Waals surface area (Å²) in [6.07, 6.45) is 0. The Labute approximate surface area is 116 Å². The van der Waals surface area contributed by atoms with E-state index < -0.39 is 11.6 Å². The summed E-state index contributed by atoms with van der Waals surface area (Å²) in [6, 6.07) is 9.68. The molecule has 19 heavy (non-hydrogen) atoms. The molecule has 2 aromatic rings. The Balaban J connectivity index is 2.47. The van der Waals surface area contributed by atoms with Gasteiger partial charge in [-0.2, -0.15) is 0 Å². The summed E-state index contributed by atoms with van der Waals surface area (Å²) in [5.41, 5.74) is 2.60. The Kier molecular flexibility index (Phi) is 4.17. The Morgan fingerprint density at radius 2 is 1.63 bits per heavy atom. The van der Waals surface area contributed by atoms with Gasteiger partial charge in [-0.05, 0) is 37.2 Å². The highest BCUT2D eigenvalue weighted by Gasteiger charge is 2.18. The summed E-state index contributed by atoms with van der Waals surface area (Å²) in [7, 11) is 1.75. The van der Waals surface area contributed by atoms with Gasteiger partial charge in [0.25, 0.3) is 0 Å². The van der Waals surface area contributed by atoms with Gasteiger partial charge in [-0.15, -0.1) is 0 Å². The van der Waals surface area contributed by atoms with Crippen LogP contribution in [0.4, 0.5) is 8.78 Å². The van der Waals surface area contributed by atoms with Crippen molar-refractivity contribution in [1.82, 2.24) is 5.32 Å². The summed E-state index contributed by atoms with van der Waals surface area (Å²) < 4.78 is 26.5. The molecule has 0 radical (unpaired) electrons. The molecule has 0 aliphatic heterocycles. The molecule has 0 heterocycles. The topological polar surface area (TPSA) is 12.0 Å². The van der Waals surface area contributed by atoms with E-state index in [-0.39, 0.29) is 11.1 Å². The summed E-state index contributed by atoms with van der Waals surface area (Å²) in [5, 5.41) is 3.28. The first-order valence-corrected chi connectivity index (χ1v) is 6.29. The summed E-state index contributed by atoms with van der Waals surface area (Å²) in [6.45, 7) is 1.99. The number of halogens is 3. The van der Waals surface area contributed by atoms with Crippen LogP contribution in [0.25, 0.3) is 0 Å². The summed E-state index contributed by atoms with van der Waals surface area (Å²) in [4.78, 5) is 0. The predicted octanol–water partition coefficient (Wildman–Crippen LogP) is 4.24. The second kappa shape index (κ2) is 5.68. The molecule has 0 aliphatic carbocycles. The molecule has 0 fully saturated rings. The van der Waals surface area contributed by atoms with E-state index >= 15 is 0 Å². The van der Waals surface area contributed by atoms with Crippen LogP contribution < -0.4 is 5.32 Å². The first-order valence-electron chi connectivity index (χ1n) is 5.91. The Morgan fingerprint density at radius 3 is 2.21 bits per heavy atom. The SMILES string of the molecule is CNC(c1ccc(C)cc1)c1cc(F)c(F)cc1Cl. The van der Waals surface area contributed by atoms with Gasteiger partial charge in [0.15, 0.2) is 11.6 Å². The predicted molar refractivity (Wildman–Crippen MR) is 73.4 cm³/mol. The van der Waals surface area contributed by atoms with Gasteiger partial charge in [0.2, 0.25) is 0 Å². The maximum Gasteiger partial charge on any atom is 0.160 e. The zero-order valence-corrected chi connectivity index (χ0v) is 11.4. The first-order chi connectivity index (χ1) is 9.02. The number of aryl methyl sites for hydroxylation is 1.